The molecule has 0 fully saturated rings. The van der Waals surface area contributed by atoms with E-state index in [0.29, 0.717) is 11.1 Å². The van der Waals surface area contributed by atoms with E-state index in [1.165, 1.54) is 25.7 Å². The van der Waals surface area contributed by atoms with E-state index in [2.05, 4.69) is 11.9 Å². The third kappa shape index (κ3) is 4.39. The smallest absolute Gasteiger partial charge is 0.339 e. The molecule has 2 aromatic carbocycles. The molecule has 1 aromatic heterocycles. The van der Waals surface area contributed by atoms with Gasteiger partial charge in [-0.1, -0.05) is 38.3 Å². The molecule has 0 N–H and O–H groups in total. The van der Waals surface area contributed by atoms with Crippen LogP contribution in [0.15, 0.2) is 58.2 Å². The monoisotopic (exact) mass is 359 g/mol. The molecule has 132 valence electrons. The molecule has 0 radical (unpaired) electrons. The summed E-state index contributed by atoms with van der Waals surface area (Å²) in [6, 6.07) is 11.6. The summed E-state index contributed by atoms with van der Waals surface area (Å²) in [6.45, 7) is 2.18. The largest absolute Gasteiger partial charge is 0.443 e. The van der Waals surface area contributed by atoms with Crippen LogP contribution in [0.2, 0.25) is 0 Å². The molecule has 0 atom stereocenters. The molecule has 5 nitrogen and oxygen atoms in total. The molecule has 0 spiro atoms. The Morgan fingerprint density at radius 3 is 2.60 bits per heavy atom. The summed E-state index contributed by atoms with van der Waals surface area (Å²) in [5, 5.41) is 0. The van der Waals surface area contributed by atoms with E-state index < -0.39 is 10.1 Å². The fourth-order valence-electron chi connectivity index (χ4n) is 2.64. The maximum atomic E-state index is 12.4. The van der Waals surface area contributed by atoms with Crippen LogP contribution in [0.25, 0.3) is 11.1 Å². The highest BCUT2D eigenvalue weighted by Gasteiger charge is 2.17. The molecular formula is C19H21NO4S. The van der Waals surface area contributed by atoms with E-state index in [4.69, 9.17) is 8.60 Å². The zero-order chi connectivity index (χ0) is 17.7. The number of unbranched alkanes of at least 4 members (excludes halogenated alkanes) is 3. The number of nitrogens with zero attached hydrogens (tertiary/aromatic N) is 1. The van der Waals surface area contributed by atoms with Gasteiger partial charge >= 0.3 is 10.1 Å². The van der Waals surface area contributed by atoms with Gasteiger partial charge in [0.25, 0.3) is 0 Å². The molecule has 0 aliphatic heterocycles. The standard InChI is InChI=1S/C19H21NO4S/c1-2-3-4-5-6-15-7-10-17(11-8-15)25(21,22)24-16-9-12-19-18(13-16)20-14-23-19/h7-14H,2-6H2,1H3. The first kappa shape index (κ1) is 17.5. The number of fused-ring (bicyclic) bond motifs is 1. The van der Waals surface area contributed by atoms with Crippen molar-refractivity contribution in [2.75, 3.05) is 0 Å². The van der Waals surface area contributed by atoms with Crippen LogP contribution in [0.3, 0.4) is 0 Å². The molecule has 25 heavy (non-hydrogen) atoms. The van der Waals surface area contributed by atoms with E-state index in [9.17, 15) is 8.42 Å². The molecule has 0 saturated heterocycles. The summed E-state index contributed by atoms with van der Waals surface area (Å²) in [5.74, 6) is 0.213. The number of aryl methyl sites for hydroxylation is 1. The fraction of sp³-hybridized carbons (Fsp3) is 0.316. The topological polar surface area (TPSA) is 69.4 Å². The zero-order valence-electron chi connectivity index (χ0n) is 14.1. The minimum absolute atomic E-state index is 0.144. The number of hydrogen-bond donors (Lipinski definition) is 0. The van der Waals surface area contributed by atoms with Crippen molar-refractivity contribution in [3.05, 3.63) is 54.4 Å². The van der Waals surface area contributed by atoms with Gasteiger partial charge in [-0.2, -0.15) is 8.42 Å². The SMILES string of the molecule is CCCCCCc1ccc(S(=O)(=O)Oc2ccc3ocnc3c2)cc1. The maximum absolute atomic E-state index is 12.4. The van der Waals surface area contributed by atoms with Gasteiger partial charge in [-0.05, 0) is 42.7 Å². The van der Waals surface area contributed by atoms with Crippen molar-refractivity contribution >= 4 is 21.2 Å². The lowest BCUT2D eigenvalue weighted by molar-refractivity contribution is 0.486. The van der Waals surface area contributed by atoms with Gasteiger partial charge in [0, 0.05) is 6.07 Å². The van der Waals surface area contributed by atoms with Crippen LogP contribution >= 0.6 is 0 Å². The first-order chi connectivity index (χ1) is 12.1. The van der Waals surface area contributed by atoms with Gasteiger partial charge < -0.3 is 8.60 Å². The van der Waals surface area contributed by atoms with Gasteiger partial charge in [0.05, 0.1) is 0 Å². The highest BCUT2D eigenvalue weighted by atomic mass is 32.2. The minimum atomic E-state index is -3.87. The Morgan fingerprint density at radius 1 is 1.04 bits per heavy atom. The van der Waals surface area contributed by atoms with Crippen molar-refractivity contribution in [1.82, 2.24) is 4.98 Å². The summed E-state index contributed by atoms with van der Waals surface area (Å²) in [4.78, 5) is 4.14. The lowest BCUT2D eigenvalue weighted by Crippen LogP contribution is -2.09. The number of aromatic nitrogens is 1. The van der Waals surface area contributed by atoms with Gasteiger partial charge in [-0.25, -0.2) is 4.98 Å². The molecule has 0 saturated carbocycles. The second kappa shape index (κ2) is 7.70. The molecular weight excluding hydrogens is 338 g/mol. The van der Waals surface area contributed by atoms with Crippen molar-refractivity contribution in [3.63, 3.8) is 0 Å². The van der Waals surface area contributed by atoms with E-state index in [-0.39, 0.29) is 10.6 Å². The molecule has 0 aliphatic carbocycles. The Hall–Kier alpha value is -2.34. The number of oxazole rings is 1. The van der Waals surface area contributed by atoms with E-state index in [1.807, 2.05) is 12.1 Å². The van der Waals surface area contributed by atoms with E-state index in [0.717, 1.165) is 18.4 Å². The molecule has 3 aromatic rings. The second-order valence-corrected chi connectivity index (χ2v) is 7.52. The van der Waals surface area contributed by atoms with Gasteiger partial charge in [-0.15, -0.1) is 0 Å². The maximum Gasteiger partial charge on any atom is 0.339 e. The van der Waals surface area contributed by atoms with Crippen molar-refractivity contribution in [2.24, 2.45) is 0 Å². The van der Waals surface area contributed by atoms with Crippen LogP contribution in [0.4, 0.5) is 0 Å². The molecule has 0 bridgehead atoms. The normalized spacial score (nSPS) is 11.7. The Morgan fingerprint density at radius 2 is 1.84 bits per heavy atom. The van der Waals surface area contributed by atoms with Crippen LogP contribution in [0, 0.1) is 0 Å². The van der Waals surface area contributed by atoms with Gasteiger partial charge in [-0.3, -0.25) is 0 Å². The summed E-state index contributed by atoms with van der Waals surface area (Å²) >= 11 is 0. The Labute approximate surface area is 147 Å². The third-order valence-corrected chi connectivity index (χ3v) is 5.30. The van der Waals surface area contributed by atoms with Crippen LogP contribution in [0.1, 0.15) is 38.2 Å². The predicted octanol–water partition coefficient (Wildman–Crippen LogP) is 4.72. The van der Waals surface area contributed by atoms with Crippen molar-refractivity contribution in [1.29, 1.82) is 0 Å². The third-order valence-electron chi connectivity index (χ3n) is 4.04. The van der Waals surface area contributed by atoms with Gasteiger partial charge in [0.2, 0.25) is 0 Å². The number of hydrogen-bond acceptors (Lipinski definition) is 5. The van der Waals surface area contributed by atoms with Crippen LogP contribution in [-0.2, 0) is 16.5 Å². The minimum Gasteiger partial charge on any atom is -0.443 e. The highest BCUT2D eigenvalue weighted by molar-refractivity contribution is 7.87. The lowest BCUT2D eigenvalue weighted by Gasteiger charge is -2.08. The van der Waals surface area contributed by atoms with Crippen LogP contribution in [-0.4, -0.2) is 13.4 Å². The van der Waals surface area contributed by atoms with Crippen molar-refractivity contribution in [3.8, 4) is 5.75 Å². The van der Waals surface area contributed by atoms with Crippen LogP contribution < -0.4 is 4.18 Å². The molecule has 0 aliphatic rings. The van der Waals surface area contributed by atoms with Crippen molar-refractivity contribution in [2.45, 2.75) is 43.9 Å². The Kier molecular flexibility index (Phi) is 5.38. The van der Waals surface area contributed by atoms with E-state index in [1.54, 1.807) is 30.3 Å². The summed E-state index contributed by atoms with van der Waals surface area (Å²) < 4.78 is 35.2. The molecule has 3 rings (SSSR count). The summed E-state index contributed by atoms with van der Waals surface area (Å²) in [5.41, 5.74) is 2.27. The molecule has 0 amide bonds. The molecule has 6 heteroatoms. The zero-order valence-corrected chi connectivity index (χ0v) is 15.0. The molecule has 0 unspecified atom stereocenters. The fourth-order valence-corrected chi connectivity index (χ4v) is 3.57. The summed E-state index contributed by atoms with van der Waals surface area (Å²) in [6.07, 6.45) is 7.02. The van der Waals surface area contributed by atoms with Gasteiger partial charge in [0.15, 0.2) is 12.0 Å². The molecule has 1 heterocycles. The quantitative estimate of drug-likeness (QED) is 0.430. The lowest BCUT2D eigenvalue weighted by atomic mass is 10.1. The first-order valence-corrected chi connectivity index (χ1v) is 9.86. The average Bonchev–Trinajstić information content (AvgIpc) is 3.06. The number of benzene rings is 2. The Bertz CT molecular complexity index is 929. The average molecular weight is 359 g/mol. The summed E-state index contributed by atoms with van der Waals surface area (Å²) in [7, 11) is -3.87. The van der Waals surface area contributed by atoms with Crippen molar-refractivity contribution < 1.29 is 17.0 Å². The van der Waals surface area contributed by atoms with Crippen LogP contribution in [0.5, 0.6) is 5.75 Å². The predicted molar refractivity (Wildman–Crippen MR) is 96.1 cm³/mol. The van der Waals surface area contributed by atoms with Gasteiger partial charge in [0.1, 0.15) is 16.2 Å². The highest BCUT2D eigenvalue weighted by Crippen LogP contribution is 2.23. The first-order valence-electron chi connectivity index (χ1n) is 8.45. The second-order valence-electron chi connectivity index (χ2n) is 5.97. The number of rotatable bonds is 8. The van der Waals surface area contributed by atoms with E-state index >= 15 is 0 Å². The Balaban J connectivity index is 1.68.